The third-order valence-electron chi connectivity index (χ3n) is 2.45. The van der Waals surface area contributed by atoms with Gasteiger partial charge in [0, 0.05) is 10.4 Å². The fourth-order valence-corrected chi connectivity index (χ4v) is 2.82. The van der Waals surface area contributed by atoms with Gasteiger partial charge >= 0.3 is 0 Å². The van der Waals surface area contributed by atoms with E-state index >= 15 is 0 Å². The van der Waals surface area contributed by atoms with E-state index in [2.05, 4.69) is 9.97 Å². The molecule has 0 aliphatic heterocycles. The van der Waals surface area contributed by atoms with Gasteiger partial charge in [-0.25, -0.2) is 14.4 Å². The minimum absolute atomic E-state index is 0.268. The summed E-state index contributed by atoms with van der Waals surface area (Å²) in [5.41, 5.74) is 0.289. The van der Waals surface area contributed by atoms with Gasteiger partial charge in [0.05, 0.1) is 5.56 Å². The number of halogens is 3. The van der Waals surface area contributed by atoms with Crippen molar-refractivity contribution in [3.05, 3.63) is 45.6 Å². The third kappa shape index (κ3) is 1.96. The zero-order valence-corrected chi connectivity index (χ0v) is 11.2. The summed E-state index contributed by atoms with van der Waals surface area (Å²) in [6, 6.07) is 6.20. The van der Waals surface area contributed by atoms with E-state index in [1.807, 2.05) is 11.4 Å². The largest absolute Gasteiger partial charge is 0.217 e. The Labute approximate surface area is 116 Å². The van der Waals surface area contributed by atoms with Crippen LogP contribution in [-0.4, -0.2) is 9.97 Å². The Bertz CT molecular complexity index is 742. The van der Waals surface area contributed by atoms with Crippen LogP contribution >= 0.6 is 34.5 Å². The maximum Gasteiger partial charge on any atom is 0.165 e. The van der Waals surface area contributed by atoms with Gasteiger partial charge in [-0.15, -0.1) is 11.3 Å². The number of hydrogen-bond donors (Lipinski definition) is 0. The van der Waals surface area contributed by atoms with Gasteiger partial charge in [-0.1, -0.05) is 23.2 Å². The number of aromatic nitrogens is 2. The molecule has 3 rings (SSSR count). The first-order valence-corrected chi connectivity index (χ1v) is 6.65. The average molecular weight is 299 g/mol. The molecule has 0 fully saturated rings. The summed E-state index contributed by atoms with van der Waals surface area (Å²) in [5.74, 6) is -0.196. The number of benzene rings is 1. The van der Waals surface area contributed by atoms with E-state index < -0.39 is 5.82 Å². The average Bonchev–Trinajstić information content (AvgIpc) is 2.77. The molecule has 6 heteroatoms. The summed E-state index contributed by atoms with van der Waals surface area (Å²) in [6.07, 6.45) is 0. The van der Waals surface area contributed by atoms with Crippen molar-refractivity contribution in [1.82, 2.24) is 9.97 Å². The van der Waals surface area contributed by atoms with Gasteiger partial charge in [-0.2, -0.15) is 0 Å². The van der Waals surface area contributed by atoms with Gasteiger partial charge in [0.1, 0.15) is 15.8 Å². The van der Waals surface area contributed by atoms with E-state index in [4.69, 9.17) is 23.2 Å². The first kappa shape index (κ1) is 11.8. The van der Waals surface area contributed by atoms with Crippen LogP contribution in [0.1, 0.15) is 0 Å². The molecular formula is C12H5Cl2FN2S. The number of nitrogens with zero attached hydrogens (tertiary/aromatic N) is 2. The summed E-state index contributed by atoms with van der Waals surface area (Å²) in [5, 5.41) is 3.30. The van der Waals surface area contributed by atoms with Gasteiger partial charge < -0.3 is 0 Å². The second-order valence-corrected chi connectivity index (χ2v) is 5.29. The molecule has 0 amide bonds. The van der Waals surface area contributed by atoms with E-state index in [-0.39, 0.29) is 11.4 Å². The molecule has 0 N–H and O–H groups in total. The van der Waals surface area contributed by atoms with E-state index in [0.717, 1.165) is 10.2 Å². The molecule has 18 heavy (non-hydrogen) atoms. The molecule has 90 valence electrons. The van der Waals surface area contributed by atoms with Crippen molar-refractivity contribution in [3.8, 4) is 11.4 Å². The minimum Gasteiger partial charge on any atom is -0.217 e. The Kier molecular flexibility index (Phi) is 2.93. The molecular weight excluding hydrogens is 294 g/mol. The van der Waals surface area contributed by atoms with Crippen LogP contribution in [0.15, 0.2) is 29.6 Å². The number of thiophene rings is 1. The maximum absolute atomic E-state index is 13.8. The van der Waals surface area contributed by atoms with Crippen molar-refractivity contribution < 1.29 is 4.39 Å². The van der Waals surface area contributed by atoms with Crippen molar-refractivity contribution in [2.45, 2.75) is 0 Å². The van der Waals surface area contributed by atoms with Crippen LogP contribution in [0.3, 0.4) is 0 Å². The van der Waals surface area contributed by atoms with Gasteiger partial charge in [0.25, 0.3) is 0 Å². The minimum atomic E-state index is -0.463. The smallest absolute Gasteiger partial charge is 0.165 e. The fourth-order valence-electron chi connectivity index (χ4n) is 1.61. The summed E-state index contributed by atoms with van der Waals surface area (Å²) in [7, 11) is 0. The van der Waals surface area contributed by atoms with Gasteiger partial charge in [-0.05, 0) is 29.6 Å². The highest BCUT2D eigenvalue weighted by atomic mass is 35.5. The summed E-state index contributed by atoms with van der Waals surface area (Å²) in [6.45, 7) is 0. The lowest BCUT2D eigenvalue weighted by atomic mass is 10.2. The van der Waals surface area contributed by atoms with E-state index in [1.165, 1.54) is 17.4 Å². The molecule has 0 saturated heterocycles. The van der Waals surface area contributed by atoms with E-state index in [0.29, 0.717) is 10.2 Å². The van der Waals surface area contributed by atoms with Crippen LogP contribution in [0.5, 0.6) is 0 Å². The monoisotopic (exact) mass is 298 g/mol. The highest BCUT2D eigenvalue weighted by Gasteiger charge is 2.12. The fraction of sp³-hybridized carbons (Fsp3) is 0. The molecule has 0 unspecified atom stereocenters. The van der Waals surface area contributed by atoms with Gasteiger partial charge in [-0.3, -0.25) is 0 Å². The first-order valence-electron chi connectivity index (χ1n) is 5.01. The van der Waals surface area contributed by atoms with Crippen LogP contribution in [0.25, 0.3) is 21.6 Å². The van der Waals surface area contributed by atoms with Crippen molar-refractivity contribution in [2.24, 2.45) is 0 Å². The standard InChI is InChI=1S/C12H5Cl2FN2S/c13-6-1-2-7(9(15)5-6)11-16-10(14)8-3-4-18-12(8)17-11/h1-5H. The number of rotatable bonds is 1. The van der Waals surface area contributed by atoms with E-state index in [1.54, 1.807) is 12.1 Å². The first-order chi connectivity index (χ1) is 8.65. The van der Waals surface area contributed by atoms with Crippen LogP contribution in [0.2, 0.25) is 10.2 Å². The number of hydrogen-bond acceptors (Lipinski definition) is 3. The van der Waals surface area contributed by atoms with Gasteiger partial charge in [0.15, 0.2) is 5.82 Å². The summed E-state index contributed by atoms with van der Waals surface area (Å²) in [4.78, 5) is 9.14. The second-order valence-electron chi connectivity index (χ2n) is 3.60. The SMILES string of the molecule is Fc1cc(Cl)ccc1-c1nc(Cl)c2ccsc2n1. The van der Waals surface area contributed by atoms with Crippen LogP contribution < -0.4 is 0 Å². The van der Waals surface area contributed by atoms with Crippen molar-refractivity contribution in [1.29, 1.82) is 0 Å². The molecule has 0 aliphatic rings. The lowest BCUT2D eigenvalue weighted by molar-refractivity contribution is 0.630. The third-order valence-corrected chi connectivity index (χ3v) is 3.78. The zero-order valence-electron chi connectivity index (χ0n) is 8.82. The Hall–Kier alpha value is -1.23. The van der Waals surface area contributed by atoms with Crippen molar-refractivity contribution in [3.63, 3.8) is 0 Å². The van der Waals surface area contributed by atoms with Crippen LogP contribution in [-0.2, 0) is 0 Å². The lowest BCUT2D eigenvalue weighted by Gasteiger charge is -2.03. The Morgan fingerprint density at radius 3 is 2.72 bits per heavy atom. The zero-order chi connectivity index (χ0) is 12.7. The highest BCUT2D eigenvalue weighted by molar-refractivity contribution is 7.16. The molecule has 0 saturated carbocycles. The molecule has 2 heterocycles. The topological polar surface area (TPSA) is 25.8 Å². The Morgan fingerprint density at radius 2 is 1.94 bits per heavy atom. The molecule has 0 bridgehead atoms. The highest BCUT2D eigenvalue weighted by Crippen LogP contribution is 2.29. The molecule has 0 radical (unpaired) electrons. The molecule has 1 aromatic carbocycles. The Balaban J connectivity index is 2.24. The van der Waals surface area contributed by atoms with Crippen molar-refractivity contribution in [2.75, 3.05) is 0 Å². The molecule has 3 aromatic rings. The summed E-state index contributed by atoms with van der Waals surface area (Å²) >= 11 is 13.2. The van der Waals surface area contributed by atoms with Crippen molar-refractivity contribution >= 4 is 44.8 Å². The second kappa shape index (κ2) is 4.46. The predicted octanol–water partition coefficient (Wildman–Crippen LogP) is 4.80. The normalized spacial score (nSPS) is 11.1. The van der Waals surface area contributed by atoms with Crippen LogP contribution in [0, 0.1) is 5.82 Å². The predicted molar refractivity (Wildman–Crippen MR) is 72.8 cm³/mol. The Morgan fingerprint density at radius 1 is 1.11 bits per heavy atom. The molecule has 0 atom stereocenters. The lowest BCUT2D eigenvalue weighted by Crippen LogP contribution is -1.92. The van der Waals surface area contributed by atoms with E-state index in [9.17, 15) is 4.39 Å². The summed E-state index contributed by atoms with van der Waals surface area (Å²) < 4.78 is 13.8. The van der Waals surface area contributed by atoms with Crippen LogP contribution in [0.4, 0.5) is 4.39 Å². The van der Waals surface area contributed by atoms with Gasteiger partial charge in [0.2, 0.25) is 0 Å². The molecule has 2 aromatic heterocycles. The quantitative estimate of drug-likeness (QED) is 0.603. The molecule has 2 nitrogen and oxygen atoms in total. The molecule has 0 spiro atoms. The molecule has 0 aliphatic carbocycles. The maximum atomic E-state index is 13.8. The number of fused-ring (bicyclic) bond motifs is 1.